The van der Waals surface area contributed by atoms with Crippen LogP contribution in [0.4, 0.5) is 8.78 Å². The summed E-state index contributed by atoms with van der Waals surface area (Å²) in [6.07, 6.45) is 4.68. The molecule has 1 N–H and O–H groups in total. The number of H-pyrrole nitrogens is 1. The summed E-state index contributed by atoms with van der Waals surface area (Å²) in [5.41, 5.74) is 2.29. The summed E-state index contributed by atoms with van der Waals surface area (Å²) in [6, 6.07) is 4.69. The molecule has 5 nitrogen and oxygen atoms in total. The van der Waals surface area contributed by atoms with E-state index in [1.165, 1.54) is 12.1 Å². The van der Waals surface area contributed by atoms with E-state index >= 15 is 0 Å². The molecule has 0 unspecified atom stereocenters. The van der Waals surface area contributed by atoms with Crippen LogP contribution < -0.4 is 4.74 Å². The van der Waals surface area contributed by atoms with Crippen LogP contribution in [0.5, 0.6) is 5.75 Å². The number of aromatic amines is 1. The molecule has 0 spiro atoms. The zero-order valence-corrected chi connectivity index (χ0v) is 17.2. The highest BCUT2D eigenvalue weighted by atomic mass is 19.3. The average molecular weight is 395 g/mol. The second kappa shape index (κ2) is 10.5. The maximum atomic E-state index is 14.0. The molecule has 0 atom stereocenters. The van der Waals surface area contributed by atoms with Crippen molar-refractivity contribution in [1.82, 2.24) is 15.1 Å². The molecule has 156 valence electrons. The van der Waals surface area contributed by atoms with Crippen molar-refractivity contribution in [1.29, 1.82) is 0 Å². The van der Waals surface area contributed by atoms with Gasteiger partial charge in [0, 0.05) is 50.3 Å². The second-order valence-corrected chi connectivity index (χ2v) is 7.19. The smallest absolute Gasteiger partial charge is 0.270 e. The van der Waals surface area contributed by atoms with Crippen LogP contribution in [0, 0.1) is 0 Å². The Hall–Kier alpha value is -1.99. The number of benzene rings is 1. The number of hydrogen-bond donors (Lipinski definition) is 1. The summed E-state index contributed by atoms with van der Waals surface area (Å²) in [6.45, 7) is 5.69. The van der Waals surface area contributed by atoms with Crippen LogP contribution >= 0.6 is 0 Å². The molecule has 0 bridgehead atoms. The molecule has 0 aliphatic rings. The number of methoxy groups -OCH3 is 1. The molecule has 1 aromatic heterocycles. The number of rotatable bonds is 12. The van der Waals surface area contributed by atoms with E-state index in [0.29, 0.717) is 37.5 Å². The minimum Gasteiger partial charge on any atom is -0.493 e. The number of ether oxygens (including phenoxy) is 2. The number of halogens is 2. The van der Waals surface area contributed by atoms with Gasteiger partial charge in [0.25, 0.3) is 5.92 Å². The largest absolute Gasteiger partial charge is 0.493 e. The first-order valence-corrected chi connectivity index (χ1v) is 9.71. The van der Waals surface area contributed by atoms with Crippen molar-refractivity contribution in [3.63, 3.8) is 0 Å². The lowest BCUT2D eigenvalue weighted by atomic mass is 10.0. The van der Waals surface area contributed by atoms with Gasteiger partial charge in [-0.3, -0.25) is 5.10 Å². The Balaban J connectivity index is 2.27. The van der Waals surface area contributed by atoms with E-state index in [9.17, 15) is 8.78 Å². The van der Waals surface area contributed by atoms with E-state index in [-0.39, 0.29) is 5.56 Å². The summed E-state index contributed by atoms with van der Waals surface area (Å²) in [7, 11) is 3.67. The van der Waals surface area contributed by atoms with Crippen molar-refractivity contribution < 1.29 is 18.3 Å². The van der Waals surface area contributed by atoms with Gasteiger partial charge >= 0.3 is 0 Å². The molecule has 2 rings (SSSR count). The standard InChI is InChI=1S/C21H31F2N3O2/c1-5-6-8-26(3)15-17-14-24-25-20(17)16-11-18(21(2,22)23)13-19(12-16)28-10-7-9-27-4/h11-14H,5-10,15H2,1-4H3,(H,24,25). The van der Waals surface area contributed by atoms with Gasteiger partial charge < -0.3 is 14.4 Å². The van der Waals surface area contributed by atoms with E-state index in [0.717, 1.165) is 37.6 Å². The molecule has 0 saturated carbocycles. The van der Waals surface area contributed by atoms with E-state index in [4.69, 9.17) is 9.47 Å². The Morgan fingerprint density at radius 2 is 1.96 bits per heavy atom. The maximum Gasteiger partial charge on any atom is 0.270 e. The summed E-state index contributed by atoms with van der Waals surface area (Å²) in [5.74, 6) is -2.54. The Labute approximate surface area is 166 Å². The molecular formula is C21H31F2N3O2. The predicted octanol–water partition coefficient (Wildman–Crippen LogP) is 4.84. The molecule has 0 radical (unpaired) electrons. The Morgan fingerprint density at radius 3 is 2.64 bits per heavy atom. The molecule has 0 amide bonds. The van der Waals surface area contributed by atoms with Gasteiger partial charge in [-0.2, -0.15) is 5.10 Å². The molecule has 1 aromatic carbocycles. The van der Waals surface area contributed by atoms with Gasteiger partial charge in [-0.1, -0.05) is 13.3 Å². The van der Waals surface area contributed by atoms with Crippen LogP contribution in [0.15, 0.2) is 24.4 Å². The van der Waals surface area contributed by atoms with Gasteiger partial charge in [0.1, 0.15) is 5.75 Å². The molecule has 0 aliphatic carbocycles. The van der Waals surface area contributed by atoms with Gasteiger partial charge in [-0.05, 0) is 38.2 Å². The zero-order valence-electron chi connectivity index (χ0n) is 17.2. The second-order valence-electron chi connectivity index (χ2n) is 7.19. The van der Waals surface area contributed by atoms with Gasteiger partial charge in [-0.15, -0.1) is 0 Å². The number of unbranched alkanes of at least 4 members (excludes halogenated alkanes) is 1. The summed E-state index contributed by atoms with van der Waals surface area (Å²) in [4.78, 5) is 2.21. The van der Waals surface area contributed by atoms with Crippen LogP contribution in [-0.2, 0) is 17.2 Å². The predicted molar refractivity (Wildman–Crippen MR) is 107 cm³/mol. The first-order chi connectivity index (χ1) is 13.3. The first-order valence-electron chi connectivity index (χ1n) is 9.71. The third-order valence-electron chi connectivity index (χ3n) is 4.52. The third kappa shape index (κ3) is 6.56. The Bertz CT molecular complexity index is 729. The van der Waals surface area contributed by atoms with Crippen LogP contribution in [0.25, 0.3) is 11.3 Å². The molecule has 2 aromatic rings. The fourth-order valence-electron chi connectivity index (χ4n) is 2.95. The lowest BCUT2D eigenvalue weighted by Gasteiger charge is -2.18. The molecule has 1 heterocycles. The monoisotopic (exact) mass is 395 g/mol. The minimum atomic E-state index is -2.96. The number of nitrogens with one attached hydrogen (secondary N) is 1. The number of alkyl halides is 2. The average Bonchev–Trinajstić information content (AvgIpc) is 3.10. The quantitative estimate of drug-likeness (QED) is 0.523. The highest BCUT2D eigenvalue weighted by Crippen LogP contribution is 2.35. The number of hydrogen-bond acceptors (Lipinski definition) is 4. The third-order valence-corrected chi connectivity index (χ3v) is 4.52. The SMILES string of the molecule is CCCCN(C)Cc1cn[nH]c1-c1cc(OCCCOC)cc(C(C)(F)F)c1. The zero-order chi connectivity index (χ0) is 20.6. The van der Waals surface area contributed by atoms with Crippen molar-refractivity contribution >= 4 is 0 Å². The van der Waals surface area contributed by atoms with E-state index in [1.807, 2.05) is 7.05 Å². The lowest BCUT2D eigenvalue weighted by molar-refractivity contribution is 0.0172. The van der Waals surface area contributed by atoms with Crippen LogP contribution in [0.1, 0.15) is 44.2 Å². The molecule has 0 fully saturated rings. The lowest BCUT2D eigenvalue weighted by Crippen LogP contribution is -2.19. The van der Waals surface area contributed by atoms with Gasteiger partial charge in [0.15, 0.2) is 0 Å². The summed E-state index contributed by atoms with van der Waals surface area (Å²) < 4.78 is 38.8. The van der Waals surface area contributed by atoms with E-state index in [2.05, 4.69) is 22.0 Å². The fraction of sp³-hybridized carbons (Fsp3) is 0.571. The van der Waals surface area contributed by atoms with Crippen molar-refractivity contribution in [2.45, 2.75) is 45.6 Å². The number of aromatic nitrogens is 2. The molecular weight excluding hydrogens is 364 g/mol. The molecule has 0 saturated heterocycles. The van der Waals surface area contributed by atoms with Crippen LogP contribution in [0.3, 0.4) is 0 Å². The van der Waals surface area contributed by atoms with Crippen molar-refractivity contribution in [3.8, 4) is 17.0 Å². The Kier molecular flexibility index (Phi) is 8.38. The van der Waals surface area contributed by atoms with Crippen LogP contribution in [-0.4, -0.2) is 49.0 Å². The fourth-order valence-corrected chi connectivity index (χ4v) is 2.95. The number of nitrogens with zero attached hydrogens (tertiary/aromatic N) is 2. The normalized spacial score (nSPS) is 12.0. The topological polar surface area (TPSA) is 50.4 Å². The highest BCUT2D eigenvalue weighted by molar-refractivity contribution is 5.66. The maximum absolute atomic E-state index is 14.0. The first kappa shape index (κ1) is 22.3. The minimum absolute atomic E-state index is 0.0772. The van der Waals surface area contributed by atoms with Gasteiger partial charge in [0.05, 0.1) is 18.5 Å². The Morgan fingerprint density at radius 1 is 1.18 bits per heavy atom. The summed E-state index contributed by atoms with van der Waals surface area (Å²) >= 11 is 0. The van der Waals surface area contributed by atoms with Crippen molar-refractivity contribution in [2.24, 2.45) is 0 Å². The highest BCUT2D eigenvalue weighted by Gasteiger charge is 2.26. The van der Waals surface area contributed by atoms with Crippen molar-refractivity contribution in [2.75, 3.05) is 33.9 Å². The van der Waals surface area contributed by atoms with Gasteiger partial charge in [0.2, 0.25) is 0 Å². The van der Waals surface area contributed by atoms with Gasteiger partial charge in [-0.25, -0.2) is 8.78 Å². The van der Waals surface area contributed by atoms with E-state index in [1.54, 1.807) is 19.4 Å². The van der Waals surface area contributed by atoms with Crippen molar-refractivity contribution in [3.05, 3.63) is 35.5 Å². The van der Waals surface area contributed by atoms with E-state index < -0.39 is 5.92 Å². The molecule has 28 heavy (non-hydrogen) atoms. The summed E-state index contributed by atoms with van der Waals surface area (Å²) in [5, 5.41) is 7.11. The molecule has 0 aliphatic heterocycles. The molecule has 7 heteroatoms. The van der Waals surface area contributed by atoms with Crippen LogP contribution in [0.2, 0.25) is 0 Å².